The van der Waals surface area contributed by atoms with Gasteiger partial charge in [0.05, 0.1) is 22.3 Å². The van der Waals surface area contributed by atoms with Gasteiger partial charge in [0.2, 0.25) is 0 Å². The Morgan fingerprint density at radius 3 is 2.48 bits per heavy atom. The molecule has 1 heterocycles. The van der Waals surface area contributed by atoms with Crippen molar-refractivity contribution in [2.45, 2.75) is 19.1 Å². The maximum Gasteiger partial charge on any atom is 0.416 e. The lowest BCUT2D eigenvalue weighted by Gasteiger charge is -2.21. The van der Waals surface area contributed by atoms with Crippen molar-refractivity contribution in [3.8, 4) is 0 Å². The molecule has 0 saturated carbocycles. The van der Waals surface area contributed by atoms with Crippen molar-refractivity contribution in [1.29, 1.82) is 0 Å². The van der Waals surface area contributed by atoms with Crippen molar-refractivity contribution in [3.63, 3.8) is 0 Å². The minimum atomic E-state index is -4.44. The number of nitrogens with one attached hydrogen (secondary N) is 1. The summed E-state index contributed by atoms with van der Waals surface area (Å²) in [6.07, 6.45) is -3.00. The van der Waals surface area contributed by atoms with E-state index in [1.807, 2.05) is 6.92 Å². The first-order valence-electron chi connectivity index (χ1n) is 6.17. The van der Waals surface area contributed by atoms with Crippen molar-refractivity contribution >= 4 is 31.9 Å². The predicted molar refractivity (Wildman–Crippen MR) is 81.1 cm³/mol. The highest BCUT2D eigenvalue weighted by Crippen LogP contribution is 2.39. The molecule has 0 aliphatic heterocycles. The zero-order valence-electron chi connectivity index (χ0n) is 11.0. The first-order valence-corrected chi connectivity index (χ1v) is 7.76. The summed E-state index contributed by atoms with van der Waals surface area (Å²) in [4.78, 5) is 0. The van der Waals surface area contributed by atoms with E-state index >= 15 is 0 Å². The first-order chi connectivity index (χ1) is 9.84. The monoisotopic (exact) mass is 425 g/mol. The third-order valence-corrected chi connectivity index (χ3v) is 4.10. The predicted octanol–water partition coefficient (Wildman–Crippen LogP) is 5.52. The molecule has 1 N–H and O–H groups in total. The van der Waals surface area contributed by atoms with Crippen LogP contribution in [0.2, 0.25) is 0 Å². The van der Waals surface area contributed by atoms with Crippen molar-refractivity contribution in [2.24, 2.45) is 0 Å². The lowest BCUT2D eigenvalue weighted by molar-refractivity contribution is -0.138. The van der Waals surface area contributed by atoms with Gasteiger partial charge in [0.25, 0.3) is 0 Å². The number of hydrogen-bond acceptors (Lipinski definition) is 2. The molecule has 0 aliphatic carbocycles. The van der Waals surface area contributed by atoms with Gasteiger partial charge in [-0.2, -0.15) is 13.2 Å². The number of hydrogen-bond donors (Lipinski definition) is 1. The fraction of sp³-hybridized carbons (Fsp3) is 0.286. The molecule has 0 spiro atoms. The number of alkyl halides is 3. The molecule has 1 aromatic carbocycles. The van der Waals surface area contributed by atoms with Crippen molar-refractivity contribution in [1.82, 2.24) is 5.32 Å². The van der Waals surface area contributed by atoms with Crippen LogP contribution in [0.25, 0.3) is 0 Å². The van der Waals surface area contributed by atoms with E-state index in [0.717, 1.165) is 6.07 Å². The van der Waals surface area contributed by atoms with Crippen LogP contribution in [0.3, 0.4) is 0 Å². The van der Waals surface area contributed by atoms with Crippen LogP contribution in [0.15, 0.2) is 43.9 Å². The van der Waals surface area contributed by atoms with Gasteiger partial charge in [-0.15, -0.1) is 0 Å². The molecule has 0 aliphatic rings. The molecular weight excluding hydrogens is 415 g/mol. The summed E-state index contributed by atoms with van der Waals surface area (Å²) in [6.45, 7) is 2.33. The quantitative estimate of drug-likeness (QED) is 0.696. The third kappa shape index (κ3) is 3.70. The molecule has 114 valence electrons. The van der Waals surface area contributed by atoms with E-state index in [9.17, 15) is 13.2 Å². The Kier molecular flexibility index (Phi) is 5.16. The largest absolute Gasteiger partial charge is 0.466 e. The minimum Gasteiger partial charge on any atom is -0.466 e. The molecule has 1 unspecified atom stereocenters. The van der Waals surface area contributed by atoms with Gasteiger partial charge in [0.1, 0.15) is 5.76 Å². The van der Waals surface area contributed by atoms with E-state index in [1.165, 1.54) is 12.3 Å². The average molecular weight is 427 g/mol. The van der Waals surface area contributed by atoms with Gasteiger partial charge in [-0.25, -0.2) is 0 Å². The summed E-state index contributed by atoms with van der Waals surface area (Å²) >= 11 is 6.39. The van der Waals surface area contributed by atoms with Crippen molar-refractivity contribution in [2.75, 3.05) is 6.54 Å². The SMILES string of the molecule is CCNC(c1ccc(Br)cc1C(F)(F)F)c1occc1Br. The molecule has 2 nitrogen and oxygen atoms in total. The summed E-state index contributed by atoms with van der Waals surface area (Å²) in [5, 5.41) is 3.04. The minimum absolute atomic E-state index is 0.128. The molecule has 0 radical (unpaired) electrons. The average Bonchev–Trinajstić information content (AvgIpc) is 2.81. The molecule has 2 rings (SSSR count). The number of benzene rings is 1. The standard InChI is InChI=1S/C14H12Br2F3NO/c1-2-20-12(13-11(16)5-6-21-13)9-4-3-8(15)7-10(9)14(17,18)19/h3-7,12,20H,2H2,1H3. The van der Waals surface area contributed by atoms with E-state index < -0.39 is 17.8 Å². The Hall–Kier alpha value is -0.790. The van der Waals surface area contributed by atoms with E-state index in [4.69, 9.17) is 4.42 Å². The van der Waals surface area contributed by atoms with E-state index in [-0.39, 0.29) is 5.56 Å². The lowest BCUT2D eigenvalue weighted by atomic mass is 9.98. The van der Waals surface area contributed by atoms with Crippen LogP contribution in [0.1, 0.15) is 29.9 Å². The van der Waals surface area contributed by atoms with Crippen molar-refractivity contribution in [3.05, 3.63) is 56.4 Å². The Morgan fingerprint density at radius 1 is 1.24 bits per heavy atom. The summed E-state index contributed by atoms with van der Waals surface area (Å²) in [6, 6.07) is 5.10. The molecule has 2 aromatic rings. The molecule has 0 saturated heterocycles. The highest BCUT2D eigenvalue weighted by molar-refractivity contribution is 9.10. The number of halogens is 5. The van der Waals surface area contributed by atoms with Gasteiger partial charge in [-0.05, 0) is 46.2 Å². The zero-order valence-corrected chi connectivity index (χ0v) is 14.1. The van der Waals surface area contributed by atoms with Crippen LogP contribution in [-0.2, 0) is 6.18 Å². The molecule has 7 heteroatoms. The topological polar surface area (TPSA) is 25.2 Å². The van der Waals surface area contributed by atoms with Crippen LogP contribution in [0.4, 0.5) is 13.2 Å². The Bertz CT molecular complexity index is 625. The Morgan fingerprint density at radius 2 is 1.95 bits per heavy atom. The van der Waals surface area contributed by atoms with Crippen LogP contribution >= 0.6 is 31.9 Å². The summed E-state index contributed by atoms with van der Waals surface area (Å²) < 4.78 is 46.2. The van der Waals surface area contributed by atoms with Crippen LogP contribution < -0.4 is 5.32 Å². The number of rotatable bonds is 4. The molecule has 0 amide bonds. The molecular formula is C14H12Br2F3NO. The summed E-state index contributed by atoms with van der Waals surface area (Å²) in [7, 11) is 0. The first kappa shape index (κ1) is 16.6. The fourth-order valence-corrected chi connectivity index (χ4v) is 2.88. The smallest absolute Gasteiger partial charge is 0.416 e. The molecule has 21 heavy (non-hydrogen) atoms. The summed E-state index contributed by atoms with van der Waals surface area (Å²) in [5.41, 5.74) is -0.561. The van der Waals surface area contributed by atoms with E-state index in [0.29, 0.717) is 21.3 Å². The Balaban J connectivity index is 2.58. The van der Waals surface area contributed by atoms with Gasteiger partial charge in [-0.1, -0.05) is 28.9 Å². The van der Waals surface area contributed by atoms with E-state index in [1.54, 1.807) is 12.1 Å². The highest BCUT2D eigenvalue weighted by atomic mass is 79.9. The number of furan rings is 1. The molecule has 1 aromatic heterocycles. The summed E-state index contributed by atoms with van der Waals surface area (Å²) in [5.74, 6) is 0.421. The molecule has 1 atom stereocenters. The fourth-order valence-electron chi connectivity index (χ4n) is 2.09. The second kappa shape index (κ2) is 6.54. The second-order valence-corrected chi connectivity index (χ2v) is 6.12. The second-order valence-electron chi connectivity index (χ2n) is 4.35. The van der Waals surface area contributed by atoms with Gasteiger partial charge in [0.15, 0.2) is 0 Å². The van der Waals surface area contributed by atoms with Gasteiger partial charge in [-0.3, -0.25) is 0 Å². The third-order valence-electron chi connectivity index (χ3n) is 2.95. The normalized spacial score (nSPS) is 13.4. The van der Waals surface area contributed by atoms with Gasteiger partial charge in [0, 0.05) is 4.47 Å². The van der Waals surface area contributed by atoms with E-state index in [2.05, 4.69) is 37.2 Å². The lowest BCUT2D eigenvalue weighted by Crippen LogP contribution is -2.25. The maximum atomic E-state index is 13.3. The van der Waals surface area contributed by atoms with Crippen LogP contribution in [0.5, 0.6) is 0 Å². The molecule has 0 bridgehead atoms. The Labute approximate surface area is 137 Å². The van der Waals surface area contributed by atoms with Crippen LogP contribution in [0, 0.1) is 0 Å². The van der Waals surface area contributed by atoms with Crippen LogP contribution in [-0.4, -0.2) is 6.54 Å². The maximum absolute atomic E-state index is 13.3. The van der Waals surface area contributed by atoms with Crippen molar-refractivity contribution < 1.29 is 17.6 Å². The zero-order chi connectivity index (χ0) is 15.6. The highest BCUT2D eigenvalue weighted by Gasteiger charge is 2.36. The van der Waals surface area contributed by atoms with Gasteiger partial charge >= 0.3 is 6.18 Å². The molecule has 0 fully saturated rings. The van der Waals surface area contributed by atoms with Gasteiger partial charge < -0.3 is 9.73 Å².